The number of hydrogen-bond donors (Lipinski definition) is 3. The van der Waals surface area contributed by atoms with Gasteiger partial charge >= 0.3 is 5.97 Å². The van der Waals surface area contributed by atoms with Crippen LogP contribution in [0.5, 0.6) is 0 Å². The highest BCUT2D eigenvalue weighted by Crippen LogP contribution is 2.32. The number of carbonyl (C=O) groups excluding carboxylic acids is 1. The highest BCUT2D eigenvalue weighted by Gasteiger charge is 2.43. The maximum absolute atomic E-state index is 11.9. The van der Waals surface area contributed by atoms with Gasteiger partial charge in [0, 0.05) is 0 Å². The van der Waals surface area contributed by atoms with Crippen LogP contribution < -0.4 is 5.32 Å². The maximum atomic E-state index is 11.9. The molecule has 3 N–H and O–H groups in total. The van der Waals surface area contributed by atoms with E-state index >= 15 is 0 Å². The van der Waals surface area contributed by atoms with E-state index in [4.69, 9.17) is 0 Å². The summed E-state index contributed by atoms with van der Waals surface area (Å²) in [7, 11) is 0. The van der Waals surface area contributed by atoms with Crippen LogP contribution in [0.4, 0.5) is 0 Å². The molecule has 1 aliphatic carbocycles. The molecule has 0 saturated heterocycles. The minimum absolute atomic E-state index is 0.105. The third-order valence-corrected chi connectivity index (χ3v) is 3.41. The standard InChI is InChI=1S/C11H16N4O3/c1-7-3-2-4-11(5-7,10(17)18)13-9(16)8-6-12-15-14-8/h6-7H,2-5H2,1H3,(H,13,16)(H,17,18)(H,12,14,15). The Hall–Kier alpha value is -1.92. The summed E-state index contributed by atoms with van der Waals surface area (Å²) in [4.78, 5) is 23.4. The first-order valence-electron chi connectivity index (χ1n) is 5.95. The Morgan fingerprint density at radius 2 is 2.39 bits per heavy atom. The van der Waals surface area contributed by atoms with E-state index in [-0.39, 0.29) is 11.6 Å². The summed E-state index contributed by atoms with van der Waals surface area (Å²) in [5.74, 6) is -1.20. The van der Waals surface area contributed by atoms with Crippen LogP contribution in [0.15, 0.2) is 6.20 Å². The second-order valence-corrected chi connectivity index (χ2v) is 4.90. The largest absolute Gasteiger partial charge is 0.480 e. The Kier molecular flexibility index (Phi) is 3.31. The summed E-state index contributed by atoms with van der Waals surface area (Å²) >= 11 is 0. The van der Waals surface area contributed by atoms with Gasteiger partial charge in [0.05, 0.1) is 6.20 Å². The monoisotopic (exact) mass is 252 g/mol. The van der Waals surface area contributed by atoms with E-state index < -0.39 is 17.4 Å². The molecule has 0 bridgehead atoms. The molecule has 1 aromatic heterocycles. The second kappa shape index (κ2) is 4.75. The molecule has 1 fully saturated rings. The van der Waals surface area contributed by atoms with Gasteiger partial charge in [0.15, 0.2) is 5.69 Å². The molecule has 7 nitrogen and oxygen atoms in total. The SMILES string of the molecule is CC1CCCC(NC(=O)c2cn[nH]n2)(C(=O)O)C1. The fourth-order valence-electron chi connectivity index (χ4n) is 2.50. The second-order valence-electron chi connectivity index (χ2n) is 4.90. The highest BCUT2D eigenvalue weighted by atomic mass is 16.4. The van der Waals surface area contributed by atoms with Crippen LogP contribution in [-0.4, -0.2) is 37.9 Å². The van der Waals surface area contributed by atoms with E-state index in [9.17, 15) is 14.7 Å². The molecule has 7 heteroatoms. The van der Waals surface area contributed by atoms with Crippen LogP contribution >= 0.6 is 0 Å². The quantitative estimate of drug-likeness (QED) is 0.728. The van der Waals surface area contributed by atoms with Crippen molar-refractivity contribution in [2.45, 2.75) is 38.1 Å². The van der Waals surface area contributed by atoms with E-state index in [0.717, 1.165) is 12.8 Å². The first-order valence-corrected chi connectivity index (χ1v) is 5.95. The number of aliphatic carboxylic acids is 1. The van der Waals surface area contributed by atoms with E-state index in [1.165, 1.54) is 6.20 Å². The van der Waals surface area contributed by atoms with E-state index in [1.807, 2.05) is 6.92 Å². The number of aromatic nitrogens is 3. The lowest BCUT2D eigenvalue weighted by molar-refractivity contribution is -0.146. The molecule has 1 aromatic rings. The minimum atomic E-state index is -1.17. The molecule has 2 rings (SSSR count). The van der Waals surface area contributed by atoms with E-state index in [1.54, 1.807) is 0 Å². The van der Waals surface area contributed by atoms with E-state index in [0.29, 0.717) is 12.8 Å². The van der Waals surface area contributed by atoms with Crippen molar-refractivity contribution in [3.05, 3.63) is 11.9 Å². The first-order chi connectivity index (χ1) is 8.53. The van der Waals surface area contributed by atoms with Crippen molar-refractivity contribution in [1.29, 1.82) is 0 Å². The fourth-order valence-corrected chi connectivity index (χ4v) is 2.50. The van der Waals surface area contributed by atoms with E-state index in [2.05, 4.69) is 20.7 Å². The molecule has 1 aliphatic rings. The van der Waals surface area contributed by atoms with Crippen LogP contribution in [0.3, 0.4) is 0 Å². The molecular weight excluding hydrogens is 236 g/mol. The summed E-state index contributed by atoms with van der Waals surface area (Å²) in [5, 5.41) is 21.5. The van der Waals surface area contributed by atoms with Gasteiger partial charge in [-0.3, -0.25) is 4.79 Å². The molecule has 1 amide bonds. The number of rotatable bonds is 3. The van der Waals surface area contributed by atoms with Crippen LogP contribution in [0.1, 0.15) is 43.1 Å². The van der Waals surface area contributed by atoms with Crippen LogP contribution in [0.2, 0.25) is 0 Å². The van der Waals surface area contributed by atoms with Crippen molar-refractivity contribution in [1.82, 2.24) is 20.7 Å². The summed E-state index contributed by atoms with van der Waals surface area (Å²) in [6.07, 6.45) is 3.97. The summed E-state index contributed by atoms with van der Waals surface area (Å²) in [5.41, 5.74) is -1.07. The van der Waals surface area contributed by atoms with Crippen LogP contribution in [0.25, 0.3) is 0 Å². The number of nitrogens with zero attached hydrogens (tertiary/aromatic N) is 2. The number of H-pyrrole nitrogens is 1. The summed E-state index contributed by atoms with van der Waals surface area (Å²) in [6.45, 7) is 2.00. The Morgan fingerprint density at radius 3 is 2.94 bits per heavy atom. The lowest BCUT2D eigenvalue weighted by atomic mass is 9.76. The average molecular weight is 252 g/mol. The third kappa shape index (κ3) is 2.34. The Morgan fingerprint density at radius 1 is 1.61 bits per heavy atom. The smallest absolute Gasteiger partial charge is 0.329 e. The Bertz CT molecular complexity index is 445. The van der Waals surface area contributed by atoms with Crippen molar-refractivity contribution in [2.24, 2.45) is 5.92 Å². The molecule has 18 heavy (non-hydrogen) atoms. The van der Waals surface area contributed by atoms with Crippen LogP contribution in [-0.2, 0) is 4.79 Å². The maximum Gasteiger partial charge on any atom is 0.329 e. The lowest BCUT2D eigenvalue weighted by Gasteiger charge is -2.36. The van der Waals surface area contributed by atoms with Gasteiger partial charge in [0.25, 0.3) is 5.91 Å². The van der Waals surface area contributed by atoms with Gasteiger partial charge in [-0.1, -0.05) is 19.8 Å². The molecule has 98 valence electrons. The predicted octanol–water partition coefficient (Wildman–Crippen LogP) is 0.568. The number of hydrogen-bond acceptors (Lipinski definition) is 4. The number of nitrogens with one attached hydrogen (secondary N) is 2. The Labute approximate surface area is 104 Å². The average Bonchev–Trinajstić information content (AvgIpc) is 2.82. The van der Waals surface area contributed by atoms with Gasteiger partial charge in [0.2, 0.25) is 0 Å². The lowest BCUT2D eigenvalue weighted by Crippen LogP contribution is -2.56. The number of aromatic amines is 1. The number of amides is 1. The Balaban J connectivity index is 2.16. The number of carboxylic acids is 1. The fraction of sp³-hybridized carbons (Fsp3) is 0.636. The number of carbonyl (C=O) groups is 2. The third-order valence-electron chi connectivity index (χ3n) is 3.41. The predicted molar refractivity (Wildman–Crippen MR) is 61.8 cm³/mol. The zero-order valence-electron chi connectivity index (χ0n) is 10.1. The van der Waals surface area contributed by atoms with Gasteiger partial charge in [-0.05, 0) is 18.8 Å². The molecule has 0 radical (unpaired) electrons. The van der Waals surface area contributed by atoms with Crippen molar-refractivity contribution in [2.75, 3.05) is 0 Å². The van der Waals surface area contributed by atoms with Gasteiger partial charge in [-0.15, -0.1) is 0 Å². The van der Waals surface area contributed by atoms with Gasteiger partial charge < -0.3 is 10.4 Å². The molecule has 0 aliphatic heterocycles. The van der Waals surface area contributed by atoms with Crippen molar-refractivity contribution in [3.63, 3.8) is 0 Å². The molecule has 2 unspecified atom stereocenters. The zero-order chi connectivity index (χ0) is 13.2. The van der Waals surface area contributed by atoms with Gasteiger partial charge in [-0.25, -0.2) is 4.79 Å². The molecule has 0 aromatic carbocycles. The molecule has 0 spiro atoms. The number of carboxylic acid groups (broad SMARTS) is 1. The molecule has 2 atom stereocenters. The summed E-state index contributed by atoms with van der Waals surface area (Å²) in [6, 6.07) is 0. The van der Waals surface area contributed by atoms with Crippen molar-refractivity contribution in [3.8, 4) is 0 Å². The minimum Gasteiger partial charge on any atom is -0.480 e. The van der Waals surface area contributed by atoms with Crippen LogP contribution in [0, 0.1) is 5.92 Å². The van der Waals surface area contributed by atoms with Crippen molar-refractivity contribution < 1.29 is 14.7 Å². The van der Waals surface area contributed by atoms with Gasteiger partial charge in [-0.2, -0.15) is 15.4 Å². The first kappa shape index (κ1) is 12.5. The molecule has 1 heterocycles. The normalized spacial score (nSPS) is 27.7. The zero-order valence-corrected chi connectivity index (χ0v) is 10.1. The van der Waals surface area contributed by atoms with Gasteiger partial charge in [0.1, 0.15) is 5.54 Å². The molecular formula is C11H16N4O3. The highest BCUT2D eigenvalue weighted by molar-refractivity contribution is 5.96. The molecule has 1 saturated carbocycles. The van der Waals surface area contributed by atoms with Crippen molar-refractivity contribution >= 4 is 11.9 Å². The summed E-state index contributed by atoms with van der Waals surface area (Å²) < 4.78 is 0. The topological polar surface area (TPSA) is 108 Å².